The molecule has 1 amide bonds. The normalized spacial score (nSPS) is 17.2. The van der Waals surface area contributed by atoms with Crippen molar-refractivity contribution in [3.8, 4) is 17.2 Å². The summed E-state index contributed by atoms with van der Waals surface area (Å²) in [7, 11) is 0. The predicted molar refractivity (Wildman–Crippen MR) is 221 cm³/mol. The van der Waals surface area contributed by atoms with Gasteiger partial charge in [0, 0.05) is 48.6 Å². The number of amides is 1. The van der Waals surface area contributed by atoms with E-state index in [-0.39, 0.29) is 12.5 Å². The highest BCUT2D eigenvalue weighted by Crippen LogP contribution is 2.36. The molecule has 0 saturated carbocycles. The van der Waals surface area contributed by atoms with E-state index in [1.165, 1.54) is 11.1 Å². The van der Waals surface area contributed by atoms with Crippen LogP contribution in [0.25, 0.3) is 0 Å². The van der Waals surface area contributed by atoms with Crippen molar-refractivity contribution in [1.29, 1.82) is 0 Å². The van der Waals surface area contributed by atoms with Crippen molar-refractivity contribution in [2.75, 3.05) is 77.3 Å². The Hall–Kier alpha value is -3.95. The smallest absolute Gasteiger partial charge is 0.263 e. The molecule has 1 heterocycles. The SMILES string of the molecule is CC1(CCNCCOCCOCCNC[C@@H](O)COc2ccc(OCCc3ccccc3)c(OCCc3ccccc3)c2)OC(O)N(c2cc(Cl)cc(Cl)c2)C1=O. The zero-order valence-corrected chi connectivity index (χ0v) is 33.8. The van der Waals surface area contributed by atoms with E-state index in [0.29, 0.717) is 105 Å². The highest BCUT2D eigenvalue weighted by atomic mass is 35.5. The van der Waals surface area contributed by atoms with Crippen LogP contribution in [0.5, 0.6) is 17.2 Å². The Bertz CT molecular complexity index is 1770. The fourth-order valence-corrected chi connectivity index (χ4v) is 6.53. The van der Waals surface area contributed by atoms with Gasteiger partial charge in [-0.2, -0.15) is 0 Å². The van der Waals surface area contributed by atoms with Crippen LogP contribution in [-0.2, 0) is 31.8 Å². The van der Waals surface area contributed by atoms with Crippen LogP contribution in [0.2, 0.25) is 10.0 Å². The molecule has 5 rings (SSSR count). The maximum Gasteiger partial charge on any atom is 0.263 e. The number of carbonyl (C=O) groups is 1. The van der Waals surface area contributed by atoms with E-state index >= 15 is 0 Å². The third kappa shape index (κ3) is 14.7. The molecule has 2 unspecified atom stereocenters. The van der Waals surface area contributed by atoms with Crippen LogP contribution in [0.4, 0.5) is 5.69 Å². The number of ether oxygens (including phenoxy) is 6. The number of nitrogens with one attached hydrogen (secondary N) is 2. The number of carbonyl (C=O) groups excluding carboxylic acids is 1. The van der Waals surface area contributed by atoms with E-state index in [2.05, 4.69) is 34.9 Å². The van der Waals surface area contributed by atoms with Gasteiger partial charge in [0.25, 0.3) is 5.91 Å². The lowest BCUT2D eigenvalue weighted by Crippen LogP contribution is -2.41. The van der Waals surface area contributed by atoms with Crippen LogP contribution < -0.4 is 29.7 Å². The Morgan fingerprint density at radius 1 is 0.737 bits per heavy atom. The molecule has 0 bridgehead atoms. The fraction of sp³-hybridized carbons (Fsp3) is 0.419. The molecule has 4 aromatic carbocycles. The number of anilines is 1. The van der Waals surface area contributed by atoms with E-state index in [9.17, 15) is 15.0 Å². The number of aliphatic hydroxyl groups excluding tert-OH is 2. The van der Waals surface area contributed by atoms with Crippen LogP contribution >= 0.6 is 23.2 Å². The van der Waals surface area contributed by atoms with Crippen molar-refractivity contribution < 1.29 is 43.4 Å². The second-order valence-corrected chi connectivity index (χ2v) is 14.5. The van der Waals surface area contributed by atoms with Crippen molar-refractivity contribution in [3.63, 3.8) is 0 Å². The standard InChI is InChI=1S/C43H53Cl2N3O9/c1-43(41(50)48(42(51)57-43)36-27-34(44)26-35(45)28-36)16-17-46-18-22-52-24-25-53-23-19-47-30-37(49)31-56-38-12-13-39(54-20-14-32-8-4-2-5-9-32)40(29-38)55-21-15-33-10-6-3-7-11-33/h2-13,26-29,37,42,46-47,49,51H,14-25,30-31H2,1H3/t37-,42?,43?/m1/s1. The molecule has 0 spiro atoms. The van der Waals surface area contributed by atoms with Gasteiger partial charge in [0.05, 0.1) is 45.3 Å². The van der Waals surface area contributed by atoms with Gasteiger partial charge in [0.15, 0.2) is 17.1 Å². The summed E-state index contributed by atoms with van der Waals surface area (Å²) in [6, 6.07) is 30.5. The Morgan fingerprint density at radius 3 is 1.96 bits per heavy atom. The molecule has 14 heteroatoms. The number of halogens is 2. The molecule has 4 aromatic rings. The lowest BCUT2D eigenvalue weighted by Gasteiger charge is -2.21. The Morgan fingerprint density at radius 2 is 1.33 bits per heavy atom. The van der Waals surface area contributed by atoms with Crippen LogP contribution in [0.1, 0.15) is 24.5 Å². The number of hydrogen-bond donors (Lipinski definition) is 4. The minimum atomic E-state index is -1.44. The third-order valence-corrected chi connectivity index (χ3v) is 9.54. The topological polar surface area (TPSA) is 140 Å². The molecule has 4 N–H and O–H groups in total. The summed E-state index contributed by atoms with van der Waals surface area (Å²) in [4.78, 5) is 14.3. The molecule has 1 saturated heterocycles. The van der Waals surface area contributed by atoms with E-state index < -0.39 is 18.1 Å². The summed E-state index contributed by atoms with van der Waals surface area (Å²) in [6.07, 6.45) is -0.288. The molecule has 3 atom stereocenters. The Labute approximate surface area is 344 Å². The molecule has 1 fully saturated rings. The second kappa shape index (κ2) is 23.5. The first-order chi connectivity index (χ1) is 27.7. The van der Waals surface area contributed by atoms with Crippen LogP contribution in [-0.4, -0.2) is 107 Å². The van der Waals surface area contributed by atoms with Crippen LogP contribution in [0.3, 0.4) is 0 Å². The average molecular weight is 827 g/mol. The molecular weight excluding hydrogens is 773 g/mol. The van der Waals surface area contributed by atoms with E-state index in [4.69, 9.17) is 51.6 Å². The minimum Gasteiger partial charge on any atom is -0.491 e. The highest BCUT2D eigenvalue weighted by Gasteiger charge is 2.49. The molecule has 308 valence electrons. The Kier molecular flexibility index (Phi) is 18.2. The maximum absolute atomic E-state index is 13.1. The van der Waals surface area contributed by atoms with Gasteiger partial charge in [-0.25, -0.2) is 0 Å². The van der Waals surface area contributed by atoms with Gasteiger partial charge in [-0.05, 0) is 61.3 Å². The highest BCUT2D eigenvalue weighted by molar-refractivity contribution is 6.35. The Balaban J connectivity index is 0.899. The number of benzene rings is 4. The van der Waals surface area contributed by atoms with Gasteiger partial charge in [0.1, 0.15) is 18.5 Å². The largest absolute Gasteiger partial charge is 0.491 e. The van der Waals surface area contributed by atoms with Gasteiger partial charge in [-0.3, -0.25) is 9.69 Å². The summed E-state index contributed by atoms with van der Waals surface area (Å²) >= 11 is 12.1. The molecule has 0 aliphatic carbocycles. The van der Waals surface area contributed by atoms with Crippen molar-refractivity contribution in [3.05, 3.63) is 118 Å². The van der Waals surface area contributed by atoms with E-state index in [1.54, 1.807) is 25.1 Å². The summed E-state index contributed by atoms with van der Waals surface area (Å²) in [5.74, 6) is 1.44. The molecule has 1 aliphatic rings. The minimum absolute atomic E-state index is 0.106. The fourth-order valence-electron chi connectivity index (χ4n) is 6.02. The van der Waals surface area contributed by atoms with Gasteiger partial charge >= 0.3 is 0 Å². The lowest BCUT2D eigenvalue weighted by atomic mass is 10.0. The molecule has 1 aliphatic heterocycles. The van der Waals surface area contributed by atoms with Gasteiger partial charge in [-0.1, -0.05) is 83.9 Å². The number of aliphatic hydroxyl groups is 2. The third-order valence-electron chi connectivity index (χ3n) is 9.10. The predicted octanol–water partition coefficient (Wildman–Crippen LogP) is 5.68. The molecule has 57 heavy (non-hydrogen) atoms. The summed E-state index contributed by atoms with van der Waals surface area (Å²) < 4.78 is 35.0. The number of hydrogen-bond acceptors (Lipinski definition) is 11. The van der Waals surface area contributed by atoms with Crippen molar-refractivity contribution in [1.82, 2.24) is 10.6 Å². The summed E-state index contributed by atoms with van der Waals surface area (Å²) in [6.45, 7) is 6.46. The van der Waals surface area contributed by atoms with Crippen LogP contribution in [0, 0.1) is 0 Å². The maximum atomic E-state index is 13.1. The van der Waals surface area contributed by atoms with E-state index in [0.717, 1.165) is 17.7 Å². The molecule has 0 radical (unpaired) electrons. The van der Waals surface area contributed by atoms with Gasteiger partial charge < -0.3 is 49.3 Å². The zero-order valence-electron chi connectivity index (χ0n) is 32.2. The van der Waals surface area contributed by atoms with Crippen LogP contribution in [0.15, 0.2) is 97.1 Å². The van der Waals surface area contributed by atoms with Gasteiger partial charge in [-0.15, -0.1) is 0 Å². The van der Waals surface area contributed by atoms with Gasteiger partial charge in [0.2, 0.25) is 6.41 Å². The lowest BCUT2D eigenvalue weighted by molar-refractivity contribution is -0.147. The molecule has 12 nitrogen and oxygen atoms in total. The average Bonchev–Trinajstić information content (AvgIpc) is 3.43. The second-order valence-electron chi connectivity index (χ2n) is 13.6. The number of nitrogens with zero attached hydrogens (tertiary/aromatic N) is 1. The zero-order chi connectivity index (χ0) is 40.3. The number of rotatable bonds is 26. The quantitative estimate of drug-likeness (QED) is 0.0582. The first-order valence-electron chi connectivity index (χ1n) is 19.2. The first-order valence-corrected chi connectivity index (χ1v) is 20.0. The van der Waals surface area contributed by atoms with Crippen molar-refractivity contribution in [2.45, 2.75) is 44.3 Å². The van der Waals surface area contributed by atoms with E-state index in [1.807, 2.05) is 54.6 Å². The van der Waals surface area contributed by atoms with Crippen molar-refractivity contribution >= 4 is 34.8 Å². The molecular formula is C43H53Cl2N3O9. The summed E-state index contributed by atoms with van der Waals surface area (Å²) in [5, 5.41) is 28.0. The first kappa shape index (κ1) is 44.2. The molecule has 0 aromatic heterocycles. The summed E-state index contributed by atoms with van der Waals surface area (Å²) in [5.41, 5.74) is 1.54. The monoisotopic (exact) mass is 825 g/mol. The van der Waals surface area contributed by atoms with Crippen molar-refractivity contribution in [2.24, 2.45) is 0 Å².